The molecule has 0 bridgehead atoms. The summed E-state index contributed by atoms with van der Waals surface area (Å²) in [7, 11) is 0. The van der Waals surface area contributed by atoms with Gasteiger partial charge < -0.3 is 24.3 Å². The third-order valence-electron chi connectivity index (χ3n) is 5.67. The second-order valence-corrected chi connectivity index (χ2v) is 7.67. The topological polar surface area (TPSA) is 80.6 Å². The highest BCUT2D eigenvalue weighted by Gasteiger charge is 2.28. The Hall–Kier alpha value is -2.12. The summed E-state index contributed by atoms with van der Waals surface area (Å²) in [5.74, 6) is 0.813. The van der Waals surface area contributed by atoms with Gasteiger partial charge >= 0.3 is 0 Å². The maximum Gasteiger partial charge on any atom is 0.226 e. The molecule has 0 spiro atoms. The van der Waals surface area contributed by atoms with Crippen LogP contribution in [0, 0.1) is 0 Å². The number of aliphatic hydroxyl groups is 1. The second kappa shape index (κ2) is 8.92. The first kappa shape index (κ1) is 19.2. The molecule has 1 saturated carbocycles. The van der Waals surface area contributed by atoms with Crippen LogP contribution in [-0.2, 0) is 21.0 Å². The van der Waals surface area contributed by atoms with Gasteiger partial charge in [-0.05, 0) is 31.7 Å². The van der Waals surface area contributed by atoms with Gasteiger partial charge in [0.15, 0.2) is 0 Å². The van der Waals surface area contributed by atoms with E-state index >= 15 is 0 Å². The highest BCUT2D eigenvalue weighted by molar-refractivity contribution is 6.02. The Morgan fingerprint density at radius 1 is 1.25 bits per heavy atom. The van der Waals surface area contributed by atoms with Crippen LogP contribution >= 0.6 is 0 Å². The van der Waals surface area contributed by atoms with Crippen LogP contribution in [0.2, 0.25) is 0 Å². The third-order valence-corrected chi connectivity index (χ3v) is 5.67. The number of nitrogens with zero attached hydrogens (tertiary/aromatic N) is 2. The van der Waals surface area contributed by atoms with E-state index in [0.717, 1.165) is 35.4 Å². The van der Waals surface area contributed by atoms with Gasteiger partial charge in [-0.2, -0.15) is 0 Å². The lowest BCUT2D eigenvalue weighted by atomic mass is 10.0. The number of carbonyl (C=O) groups excluding carboxylic acids is 1. The minimum atomic E-state index is -0.234. The van der Waals surface area contributed by atoms with E-state index in [1.54, 1.807) is 0 Å². The average molecular weight is 388 g/mol. The molecule has 0 radical (unpaired) electrons. The number of aliphatic hydroxyl groups excluding tert-OH is 1. The van der Waals surface area contributed by atoms with Crippen molar-refractivity contribution in [2.45, 2.75) is 57.3 Å². The minimum Gasteiger partial charge on any atom is -0.490 e. The zero-order valence-corrected chi connectivity index (χ0v) is 16.1. The summed E-state index contributed by atoms with van der Waals surface area (Å²) >= 11 is 0. The Kier molecular flexibility index (Phi) is 6.12. The molecule has 4 rings (SSSR count). The van der Waals surface area contributed by atoms with E-state index in [4.69, 9.17) is 14.3 Å². The van der Waals surface area contributed by atoms with Crippen molar-refractivity contribution >= 4 is 11.6 Å². The quantitative estimate of drug-likeness (QED) is 0.808. The van der Waals surface area contributed by atoms with Gasteiger partial charge in [0.25, 0.3) is 0 Å². The lowest BCUT2D eigenvalue weighted by Gasteiger charge is -2.27. The number of rotatable bonds is 6. The van der Waals surface area contributed by atoms with E-state index in [9.17, 15) is 9.90 Å². The normalized spacial score (nSPS) is 22.8. The highest BCUT2D eigenvalue weighted by atomic mass is 16.6. The van der Waals surface area contributed by atoms with Crippen LogP contribution < -0.4 is 4.74 Å². The maximum atomic E-state index is 12.4. The molecule has 2 aliphatic heterocycles. The molecule has 0 aromatic heterocycles. The molecule has 7 nitrogen and oxygen atoms in total. The second-order valence-electron chi connectivity index (χ2n) is 7.67. The van der Waals surface area contributed by atoms with E-state index in [-0.39, 0.29) is 24.7 Å². The largest absolute Gasteiger partial charge is 0.490 e. The zero-order valence-electron chi connectivity index (χ0n) is 16.1. The van der Waals surface area contributed by atoms with Crippen molar-refractivity contribution in [2.24, 2.45) is 5.16 Å². The van der Waals surface area contributed by atoms with Crippen LogP contribution in [-0.4, -0.2) is 60.1 Å². The minimum absolute atomic E-state index is 0.0536. The van der Waals surface area contributed by atoms with Crippen LogP contribution in [0.15, 0.2) is 23.4 Å². The van der Waals surface area contributed by atoms with Gasteiger partial charge in [0, 0.05) is 30.6 Å². The van der Waals surface area contributed by atoms with E-state index in [1.165, 1.54) is 12.8 Å². The van der Waals surface area contributed by atoms with E-state index in [0.29, 0.717) is 39.1 Å². The molecule has 2 heterocycles. The number of ether oxygens (including phenoxy) is 2. The van der Waals surface area contributed by atoms with Crippen molar-refractivity contribution in [2.75, 3.05) is 26.3 Å². The van der Waals surface area contributed by atoms with Gasteiger partial charge in [-0.3, -0.25) is 4.79 Å². The summed E-state index contributed by atoms with van der Waals surface area (Å²) in [4.78, 5) is 19.8. The lowest BCUT2D eigenvalue weighted by Crippen LogP contribution is -2.41. The Labute approximate surface area is 165 Å². The molecule has 1 aromatic carbocycles. The van der Waals surface area contributed by atoms with Crippen LogP contribution in [0.5, 0.6) is 5.75 Å². The molecule has 1 N–H and O–H groups in total. The summed E-state index contributed by atoms with van der Waals surface area (Å²) in [5, 5.41) is 13.8. The molecule has 1 saturated heterocycles. The molecular formula is C21H28N2O5. The average Bonchev–Trinajstić information content (AvgIpc) is 3.41. The van der Waals surface area contributed by atoms with Crippen LogP contribution in [0.4, 0.5) is 0 Å². The molecular weight excluding hydrogens is 360 g/mol. The molecule has 3 aliphatic rings. The van der Waals surface area contributed by atoms with Gasteiger partial charge in [-0.25, -0.2) is 0 Å². The van der Waals surface area contributed by atoms with Crippen molar-refractivity contribution in [3.63, 3.8) is 0 Å². The third kappa shape index (κ3) is 4.47. The number of hydrogen-bond donors (Lipinski definition) is 1. The van der Waals surface area contributed by atoms with Crippen molar-refractivity contribution in [3.05, 3.63) is 29.3 Å². The Balaban J connectivity index is 1.38. The molecule has 1 aliphatic carbocycles. The van der Waals surface area contributed by atoms with Crippen LogP contribution in [0.25, 0.3) is 0 Å². The maximum absolute atomic E-state index is 12.4. The highest BCUT2D eigenvalue weighted by Crippen LogP contribution is 2.29. The molecule has 1 aromatic rings. The number of carbonyl (C=O) groups is 1. The number of oxime groups is 1. The Morgan fingerprint density at radius 3 is 2.79 bits per heavy atom. The van der Waals surface area contributed by atoms with Crippen molar-refractivity contribution < 1.29 is 24.2 Å². The number of benzene rings is 1. The molecule has 7 heteroatoms. The first-order valence-electron chi connectivity index (χ1n) is 10.2. The lowest BCUT2D eigenvalue weighted by molar-refractivity contribution is -0.137. The first-order valence-corrected chi connectivity index (χ1v) is 10.2. The SMILES string of the molecule is O=C(CC1CC(c2ccc(CO)c(OC3CCCC3)c2)=NO1)N1CCOCC1. The molecule has 1 amide bonds. The molecule has 152 valence electrons. The Morgan fingerprint density at radius 2 is 2.04 bits per heavy atom. The van der Waals surface area contributed by atoms with Crippen LogP contribution in [0.1, 0.15) is 49.7 Å². The molecule has 1 atom stereocenters. The predicted molar refractivity (Wildman–Crippen MR) is 103 cm³/mol. The summed E-state index contributed by atoms with van der Waals surface area (Å²) in [5.41, 5.74) is 2.53. The smallest absolute Gasteiger partial charge is 0.226 e. The van der Waals surface area contributed by atoms with E-state index in [1.807, 2.05) is 23.1 Å². The molecule has 1 unspecified atom stereocenters. The number of amides is 1. The summed E-state index contributed by atoms with van der Waals surface area (Å²) in [6.07, 6.45) is 5.42. The number of morpholine rings is 1. The first-order chi connectivity index (χ1) is 13.7. The summed E-state index contributed by atoms with van der Waals surface area (Å²) in [6.45, 7) is 2.43. The van der Waals surface area contributed by atoms with Crippen molar-refractivity contribution in [3.8, 4) is 5.75 Å². The monoisotopic (exact) mass is 388 g/mol. The van der Waals surface area contributed by atoms with Gasteiger partial charge in [-0.1, -0.05) is 17.3 Å². The van der Waals surface area contributed by atoms with E-state index < -0.39 is 0 Å². The van der Waals surface area contributed by atoms with Crippen molar-refractivity contribution in [1.29, 1.82) is 0 Å². The van der Waals surface area contributed by atoms with E-state index in [2.05, 4.69) is 5.16 Å². The molecule has 28 heavy (non-hydrogen) atoms. The fourth-order valence-corrected chi connectivity index (χ4v) is 4.01. The van der Waals surface area contributed by atoms with Gasteiger partial charge in [0.2, 0.25) is 5.91 Å². The van der Waals surface area contributed by atoms with Gasteiger partial charge in [-0.15, -0.1) is 0 Å². The predicted octanol–water partition coefficient (Wildman–Crippen LogP) is 2.24. The summed E-state index contributed by atoms with van der Waals surface area (Å²) in [6, 6.07) is 5.76. The number of hydrogen-bond acceptors (Lipinski definition) is 6. The summed E-state index contributed by atoms with van der Waals surface area (Å²) < 4.78 is 11.4. The zero-order chi connectivity index (χ0) is 19.3. The standard InChI is InChI=1S/C21H28N2O5/c24-14-16-6-5-15(11-20(16)27-17-3-1-2-4-17)19-12-18(28-22-19)13-21(25)23-7-9-26-10-8-23/h5-6,11,17-18,24H,1-4,7-10,12-14H2. The fourth-order valence-electron chi connectivity index (χ4n) is 4.01. The molecule has 2 fully saturated rings. The van der Waals surface area contributed by atoms with Gasteiger partial charge in [0.05, 0.1) is 38.1 Å². The Bertz CT molecular complexity index is 724. The van der Waals surface area contributed by atoms with Crippen LogP contribution in [0.3, 0.4) is 0 Å². The van der Waals surface area contributed by atoms with Gasteiger partial charge in [0.1, 0.15) is 11.9 Å². The van der Waals surface area contributed by atoms with Crippen molar-refractivity contribution in [1.82, 2.24) is 4.90 Å². The fraction of sp³-hybridized carbons (Fsp3) is 0.619.